The fourth-order valence-electron chi connectivity index (χ4n) is 5.83. The number of piperidine rings is 1. The van der Waals surface area contributed by atoms with Crippen LogP contribution in [-0.2, 0) is 16.6 Å². The summed E-state index contributed by atoms with van der Waals surface area (Å²) in [6.45, 7) is 2.04. The zero-order valence-corrected chi connectivity index (χ0v) is 21.2. The molecule has 2 fully saturated rings. The minimum Gasteiger partial charge on any atom is -0.382 e. The molecule has 39 heavy (non-hydrogen) atoms. The van der Waals surface area contributed by atoms with Crippen molar-refractivity contribution in [3.63, 3.8) is 0 Å². The van der Waals surface area contributed by atoms with Crippen molar-refractivity contribution in [1.82, 2.24) is 24.3 Å². The third-order valence-corrected chi connectivity index (χ3v) is 8.04. The lowest BCUT2D eigenvalue weighted by molar-refractivity contribution is -0.138. The molecule has 8 nitrogen and oxygen atoms in total. The molecule has 5 heterocycles. The molecule has 0 aliphatic carbocycles. The van der Waals surface area contributed by atoms with Crippen LogP contribution in [0.15, 0.2) is 55.1 Å². The van der Waals surface area contributed by atoms with Crippen molar-refractivity contribution >= 4 is 17.2 Å². The summed E-state index contributed by atoms with van der Waals surface area (Å²) in [6, 6.07) is 8.03. The van der Waals surface area contributed by atoms with E-state index in [1.165, 1.54) is 13.1 Å². The Bertz CT molecular complexity index is 1560. The predicted octanol–water partition coefficient (Wildman–Crippen LogP) is 4.52. The Kier molecular flexibility index (Phi) is 5.87. The minimum atomic E-state index is -4.57. The van der Waals surface area contributed by atoms with Crippen molar-refractivity contribution in [3.8, 4) is 11.3 Å². The van der Waals surface area contributed by atoms with E-state index in [0.29, 0.717) is 47.2 Å². The van der Waals surface area contributed by atoms with Gasteiger partial charge in [0.15, 0.2) is 0 Å². The maximum atomic E-state index is 13.2. The van der Waals surface area contributed by atoms with E-state index in [-0.39, 0.29) is 17.4 Å². The van der Waals surface area contributed by atoms with Crippen LogP contribution in [0.1, 0.15) is 61.0 Å². The zero-order chi connectivity index (χ0) is 27.5. The fraction of sp³-hybridized carbons (Fsp3) is 0.357. The summed E-state index contributed by atoms with van der Waals surface area (Å²) < 4.78 is 41.6. The monoisotopic (exact) mass is 536 g/mol. The fourth-order valence-corrected chi connectivity index (χ4v) is 5.83. The molecule has 2 saturated heterocycles. The van der Waals surface area contributed by atoms with Crippen LogP contribution in [-0.4, -0.2) is 47.9 Å². The van der Waals surface area contributed by atoms with Gasteiger partial charge in [-0.3, -0.25) is 14.2 Å². The number of fused-ring (bicyclic) bond motifs is 2. The van der Waals surface area contributed by atoms with Gasteiger partial charge in [-0.05, 0) is 37.8 Å². The van der Waals surface area contributed by atoms with Gasteiger partial charge in [0.1, 0.15) is 28.5 Å². The molecule has 2 aliphatic rings. The number of aliphatic hydroxyl groups is 1. The number of hydrogen-bond acceptors (Lipinski definition) is 6. The van der Waals surface area contributed by atoms with E-state index in [4.69, 9.17) is 10.7 Å². The van der Waals surface area contributed by atoms with Gasteiger partial charge in [-0.2, -0.15) is 13.2 Å². The summed E-state index contributed by atoms with van der Waals surface area (Å²) in [4.78, 5) is 27.3. The normalized spacial score (nSPS) is 21.3. The number of benzene rings is 1. The Hall–Kier alpha value is -3.99. The smallest absolute Gasteiger partial charge is 0.382 e. The Morgan fingerprint density at radius 2 is 1.79 bits per heavy atom. The van der Waals surface area contributed by atoms with Crippen LogP contribution in [0.25, 0.3) is 16.8 Å². The molecule has 202 valence electrons. The summed E-state index contributed by atoms with van der Waals surface area (Å²) in [5.41, 5.74) is 6.04. The molecule has 4 aromatic rings. The SMILES string of the molecule is CC(O)(c1ccc(-c2nc([C@@H]3CC[C@H]4CCC(=O)N4C3)n3ccnc(N)c23)cc1)c1cncc(C(F)(F)F)c1. The van der Waals surface area contributed by atoms with Gasteiger partial charge in [-0.25, -0.2) is 9.97 Å². The number of hydrogen-bond donors (Lipinski definition) is 2. The van der Waals surface area contributed by atoms with Gasteiger partial charge >= 0.3 is 6.18 Å². The Morgan fingerprint density at radius 3 is 2.54 bits per heavy atom. The number of carbonyl (C=O) groups is 1. The van der Waals surface area contributed by atoms with E-state index in [2.05, 4.69) is 9.97 Å². The zero-order valence-electron chi connectivity index (χ0n) is 21.2. The maximum Gasteiger partial charge on any atom is 0.417 e. The van der Waals surface area contributed by atoms with Crippen LogP contribution < -0.4 is 5.73 Å². The van der Waals surface area contributed by atoms with Crippen molar-refractivity contribution in [2.24, 2.45) is 0 Å². The van der Waals surface area contributed by atoms with Crippen LogP contribution in [0.3, 0.4) is 0 Å². The number of aromatic nitrogens is 4. The summed E-state index contributed by atoms with van der Waals surface area (Å²) in [7, 11) is 0. The van der Waals surface area contributed by atoms with Crippen LogP contribution in [0.5, 0.6) is 0 Å². The van der Waals surface area contributed by atoms with Gasteiger partial charge in [-0.15, -0.1) is 0 Å². The van der Waals surface area contributed by atoms with E-state index in [1.807, 2.05) is 15.5 Å². The number of imidazole rings is 1. The first-order valence-electron chi connectivity index (χ1n) is 12.8. The van der Waals surface area contributed by atoms with Crippen LogP contribution in [0.2, 0.25) is 0 Å². The van der Waals surface area contributed by atoms with Gasteiger partial charge in [0, 0.05) is 60.8 Å². The highest BCUT2D eigenvalue weighted by molar-refractivity contribution is 5.85. The molecule has 2 aliphatic heterocycles. The molecule has 0 saturated carbocycles. The molecule has 0 bridgehead atoms. The number of nitrogens with two attached hydrogens (primary N) is 1. The number of amides is 1. The van der Waals surface area contributed by atoms with Crippen molar-refractivity contribution in [1.29, 1.82) is 0 Å². The third-order valence-electron chi connectivity index (χ3n) is 8.04. The first-order valence-corrected chi connectivity index (χ1v) is 12.8. The lowest BCUT2D eigenvalue weighted by Gasteiger charge is -2.34. The quantitative estimate of drug-likeness (QED) is 0.397. The summed E-state index contributed by atoms with van der Waals surface area (Å²) in [6.07, 6.45) is 4.15. The Morgan fingerprint density at radius 1 is 1.05 bits per heavy atom. The highest BCUT2D eigenvalue weighted by Crippen LogP contribution is 2.39. The molecule has 3 N–H and O–H groups in total. The van der Waals surface area contributed by atoms with E-state index >= 15 is 0 Å². The molecule has 1 amide bonds. The molecule has 0 spiro atoms. The first kappa shape index (κ1) is 25.3. The average molecular weight is 537 g/mol. The lowest BCUT2D eigenvalue weighted by Crippen LogP contribution is -2.41. The molecular weight excluding hydrogens is 509 g/mol. The van der Waals surface area contributed by atoms with Gasteiger partial charge < -0.3 is 15.7 Å². The molecular formula is C28H27F3N6O2. The van der Waals surface area contributed by atoms with E-state index in [0.717, 1.165) is 37.4 Å². The van der Waals surface area contributed by atoms with Gasteiger partial charge in [0.05, 0.1) is 5.56 Å². The first-order chi connectivity index (χ1) is 18.5. The third kappa shape index (κ3) is 4.30. The molecule has 3 atom stereocenters. The van der Waals surface area contributed by atoms with Crippen LogP contribution in [0, 0.1) is 0 Å². The number of nitrogen functional groups attached to an aromatic ring is 1. The number of rotatable bonds is 4. The highest BCUT2D eigenvalue weighted by Gasteiger charge is 2.38. The van der Waals surface area contributed by atoms with Gasteiger partial charge in [0.2, 0.25) is 5.91 Å². The van der Waals surface area contributed by atoms with E-state index in [9.17, 15) is 23.1 Å². The average Bonchev–Trinajstić information content (AvgIpc) is 3.50. The van der Waals surface area contributed by atoms with Crippen LogP contribution in [0.4, 0.5) is 19.0 Å². The second kappa shape index (κ2) is 9.04. The number of pyridine rings is 1. The second-order valence-electron chi connectivity index (χ2n) is 10.5. The molecule has 0 radical (unpaired) electrons. The Balaban J connectivity index is 1.36. The van der Waals surface area contributed by atoms with Gasteiger partial charge in [-0.1, -0.05) is 24.3 Å². The second-order valence-corrected chi connectivity index (χ2v) is 10.5. The minimum absolute atomic E-state index is 0.0281. The number of halogens is 3. The number of alkyl halides is 3. The standard InChI is InChI=1S/C28H27F3N6O2/c1-27(39,19-12-20(14-33-13-19)28(29,30)31)18-5-2-16(3-6-18)23-24-25(32)34-10-11-36(24)26(35-23)17-4-7-21-8-9-22(38)37(21)15-17/h2-3,5-6,10-14,17,21,39H,4,7-9,15H2,1H3,(H2,32,34)/t17-,21+,27?/m1/s1. The number of nitrogens with zero attached hydrogens (tertiary/aromatic N) is 5. The van der Waals surface area contributed by atoms with Crippen molar-refractivity contribution < 1.29 is 23.1 Å². The van der Waals surface area contributed by atoms with Crippen molar-refractivity contribution in [2.75, 3.05) is 12.3 Å². The molecule has 6 rings (SSSR count). The maximum absolute atomic E-state index is 13.2. The van der Waals surface area contributed by atoms with Gasteiger partial charge in [0.25, 0.3) is 0 Å². The van der Waals surface area contributed by atoms with Crippen molar-refractivity contribution in [3.05, 3.63) is 77.6 Å². The molecule has 1 unspecified atom stereocenters. The van der Waals surface area contributed by atoms with Crippen molar-refractivity contribution in [2.45, 2.75) is 56.3 Å². The van der Waals surface area contributed by atoms with Crippen LogP contribution >= 0.6 is 0 Å². The largest absolute Gasteiger partial charge is 0.417 e. The Labute approximate surface area is 222 Å². The summed E-state index contributed by atoms with van der Waals surface area (Å²) in [5, 5.41) is 11.2. The highest BCUT2D eigenvalue weighted by atomic mass is 19.4. The number of anilines is 1. The predicted molar refractivity (Wildman–Crippen MR) is 137 cm³/mol. The number of carbonyl (C=O) groups excluding carboxylic acids is 1. The molecule has 3 aromatic heterocycles. The molecule has 11 heteroatoms. The lowest BCUT2D eigenvalue weighted by atomic mass is 9.88. The van der Waals surface area contributed by atoms with E-state index < -0.39 is 17.3 Å². The van der Waals surface area contributed by atoms with E-state index in [1.54, 1.807) is 30.5 Å². The molecule has 1 aromatic carbocycles. The topological polar surface area (TPSA) is 110 Å². The summed E-state index contributed by atoms with van der Waals surface area (Å²) in [5.74, 6) is 1.34. The summed E-state index contributed by atoms with van der Waals surface area (Å²) >= 11 is 0.